The fraction of sp³-hybridized carbons (Fsp3) is 0.625. The van der Waals surface area contributed by atoms with E-state index in [1.54, 1.807) is 0 Å². The first-order valence-electron chi connectivity index (χ1n) is 7.14. The van der Waals surface area contributed by atoms with Gasteiger partial charge in [0.15, 0.2) is 0 Å². The Labute approximate surface area is 110 Å². The third-order valence-electron chi connectivity index (χ3n) is 3.88. The molecule has 0 amide bonds. The van der Waals surface area contributed by atoms with Crippen LogP contribution in [0, 0.1) is 0 Å². The molecular weight excluding hydrogens is 224 g/mol. The lowest BCUT2D eigenvalue weighted by Gasteiger charge is -2.29. The second-order valence-electron chi connectivity index (χ2n) is 5.32. The second kappa shape index (κ2) is 6.35. The van der Waals surface area contributed by atoms with Crippen LogP contribution in [-0.2, 0) is 10.3 Å². The molecule has 2 heteroatoms. The third kappa shape index (κ3) is 3.33. The summed E-state index contributed by atoms with van der Waals surface area (Å²) in [5.41, 5.74) is 0.368. The molecule has 0 aliphatic carbocycles. The van der Waals surface area contributed by atoms with Gasteiger partial charge in [0.25, 0.3) is 0 Å². The number of ether oxygens (including phenoxy) is 1. The van der Waals surface area contributed by atoms with Gasteiger partial charge in [0.05, 0.1) is 11.7 Å². The molecule has 0 spiro atoms. The molecule has 0 aromatic heterocycles. The molecule has 2 atom stereocenters. The minimum atomic E-state index is -0.679. The van der Waals surface area contributed by atoms with Crippen molar-refractivity contribution < 1.29 is 9.84 Å². The monoisotopic (exact) mass is 248 g/mol. The Kier molecular flexibility index (Phi) is 4.79. The van der Waals surface area contributed by atoms with Gasteiger partial charge in [0, 0.05) is 6.61 Å². The number of benzene rings is 1. The summed E-state index contributed by atoms with van der Waals surface area (Å²) in [6.07, 6.45) is 6.26. The van der Waals surface area contributed by atoms with E-state index >= 15 is 0 Å². The molecule has 1 aromatic carbocycles. The topological polar surface area (TPSA) is 29.5 Å². The summed E-state index contributed by atoms with van der Waals surface area (Å²) >= 11 is 0. The fourth-order valence-corrected chi connectivity index (χ4v) is 2.85. The highest BCUT2D eigenvalue weighted by atomic mass is 16.5. The van der Waals surface area contributed by atoms with Crippen LogP contribution in [0.4, 0.5) is 0 Å². The smallest absolute Gasteiger partial charge is 0.0897 e. The molecule has 100 valence electrons. The van der Waals surface area contributed by atoms with Gasteiger partial charge in [-0.1, -0.05) is 43.7 Å². The Bertz CT molecular complexity index is 343. The first-order chi connectivity index (χ1) is 8.74. The zero-order chi connectivity index (χ0) is 12.8. The largest absolute Gasteiger partial charge is 0.385 e. The molecule has 0 radical (unpaired) electrons. The molecule has 1 aliphatic rings. The van der Waals surface area contributed by atoms with Crippen molar-refractivity contribution in [2.45, 2.75) is 57.2 Å². The van der Waals surface area contributed by atoms with Gasteiger partial charge in [-0.25, -0.2) is 0 Å². The van der Waals surface area contributed by atoms with Gasteiger partial charge in [0.1, 0.15) is 0 Å². The van der Waals surface area contributed by atoms with Crippen molar-refractivity contribution in [2.24, 2.45) is 0 Å². The summed E-state index contributed by atoms with van der Waals surface area (Å²) in [5, 5.41) is 10.9. The molecule has 1 saturated heterocycles. The maximum atomic E-state index is 10.9. The summed E-state index contributed by atoms with van der Waals surface area (Å²) in [7, 11) is 0. The van der Waals surface area contributed by atoms with Gasteiger partial charge in [-0.15, -0.1) is 0 Å². The molecule has 18 heavy (non-hydrogen) atoms. The zero-order valence-corrected chi connectivity index (χ0v) is 11.3. The lowest BCUT2D eigenvalue weighted by atomic mass is 9.84. The zero-order valence-electron chi connectivity index (χ0n) is 11.3. The van der Waals surface area contributed by atoms with E-state index in [1.807, 2.05) is 30.3 Å². The predicted molar refractivity (Wildman–Crippen MR) is 73.5 cm³/mol. The predicted octanol–water partition coefficient (Wildman–Crippen LogP) is 3.63. The molecule has 0 bridgehead atoms. The second-order valence-corrected chi connectivity index (χ2v) is 5.32. The lowest BCUT2D eigenvalue weighted by molar-refractivity contribution is -0.00125. The van der Waals surface area contributed by atoms with E-state index in [9.17, 15) is 5.11 Å². The van der Waals surface area contributed by atoms with Gasteiger partial charge < -0.3 is 9.84 Å². The van der Waals surface area contributed by atoms with Crippen LogP contribution >= 0.6 is 0 Å². The van der Waals surface area contributed by atoms with Gasteiger partial charge >= 0.3 is 0 Å². The Morgan fingerprint density at radius 1 is 1.28 bits per heavy atom. The van der Waals surface area contributed by atoms with Gasteiger partial charge in [0.2, 0.25) is 0 Å². The minimum absolute atomic E-state index is 0.358. The highest BCUT2D eigenvalue weighted by Gasteiger charge is 2.29. The molecule has 2 unspecified atom stereocenters. The van der Waals surface area contributed by atoms with Crippen molar-refractivity contribution in [1.29, 1.82) is 0 Å². The van der Waals surface area contributed by atoms with E-state index in [2.05, 4.69) is 6.92 Å². The summed E-state index contributed by atoms with van der Waals surface area (Å²) in [6.45, 7) is 3.02. The molecule has 1 aliphatic heterocycles. The minimum Gasteiger partial charge on any atom is -0.385 e. The molecular formula is C16H24O2. The maximum absolute atomic E-state index is 10.9. The van der Waals surface area contributed by atoms with E-state index in [-0.39, 0.29) is 0 Å². The van der Waals surface area contributed by atoms with E-state index in [0.717, 1.165) is 44.3 Å². The van der Waals surface area contributed by atoms with Gasteiger partial charge in [-0.2, -0.15) is 0 Å². The molecule has 1 fully saturated rings. The summed E-state index contributed by atoms with van der Waals surface area (Å²) in [4.78, 5) is 0. The molecule has 1 heterocycles. The highest BCUT2D eigenvalue weighted by Crippen LogP contribution is 2.33. The normalized spacial score (nSPS) is 22.9. The Morgan fingerprint density at radius 2 is 2.06 bits per heavy atom. The Balaban J connectivity index is 2.01. The molecule has 1 aromatic rings. The maximum Gasteiger partial charge on any atom is 0.0897 e. The van der Waals surface area contributed by atoms with Crippen LogP contribution in [0.25, 0.3) is 0 Å². The SMILES string of the molecule is CCCC(O)(CCC1CCCO1)c1ccccc1. The molecule has 2 rings (SSSR count). The van der Waals surface area contributed by atoms with E-state index in [1.165, 1.54) is 6.42 Å². The van der Waals surface area contributed by atoms with Gasteiger partial charge in [-0.05, 0) is 37.7 Å². The Morgan fingerprint density at radius 3 is 2.67 bits per heavy atom. The van der Waals surface area contributed by atoms with Crippen molar-refractivity contribution in [2.75, 3.05) is 6.61 Å². The Hall–Kier alpha value is -0.860. The van der Waals surface area contributed by atoms with Crippen LogP contribution in [0.15, 0.2) is 30.3 Å². The highest BCUT2D eigenvalue weighted by molar-refractivity contribution is 5.22. The van der Waals surface area contributed by atoms with Crippen LogP contribution in [0.3, 0.4) is 0 Å². The third-order valence-corrected chi connectivity index (χ3v) is 3.88. The molecule has 1 N–H and O–H groups in total. The molecule has 2 nitrogen and oxygen atoms in total. The summed E-state index contributed by atoms with van der Waals surface area (Å²) in [6, 6.07) is 10.1. The van der Waals surface area contributed by atoms with E-state index in [4.69, 9.17) is 4.74 Å². The van der Waals surface area contributed by atoms with Crippen LogP contribution in [-0.4, -0.2) is 17.8 Å². The average molecular weight is 248 g/mol. The van der Waals surface area contributed by atoms with Crippen molar-refractivity contribution in [3.05, 3.63) is 35.9 Å². The number of aliphatic hydroxyl groups is 1. The van der Waals surface area contributed by atoms with Crippen molar-refractivity contribution >= 4 is 0 Å². The van der Waals surface area contributed by atoms with Crippen LogP contribution in [0.1, 0.15) is 51.0 Å². The van der Waals surface area contributed by atoms with Crippen molar-refractivity contribution in [3.63, 3.8) is 0 Å². The quantitative estimate of drug-likeness (QED) is 0.833. The van der Waals surface area contributed by atoms with Gasteiger partial charge in [-0.3, -0.25) is 0 Å². The summed E-state index contributed by atoms with van der Waals surface area (Å²) < 4.78 is 5.65. The number of hydrogen-bond donors (Lipinski definition) is 1. The first-order valence-corrected chi connectivity index (χ1v) is 7.14. The average Bonchev–Trinajstić information content (AvgIpc) is 2.91. The lowest BCUT2D eigenvalue weighted by Crippen LogP contribution is -2.27. The van der Waals surface area contributed by atoms with Crippen LogP contribution < -0.4 is 0 Å². The standard InChI is InChI=1S/C16H24O2/c1-2-11-16(17,14-7-4-3-5-8-14)12-10-15-9-6-13-18-15/h3-5,7-8,15,17H,2,6,9-13H2,1H3. The number of hydrogen-bond acceptors (Lipinski definition) is 2. The van der Waals surface area contributed by atoms with E-state index < -0.39 is 5.60 Å². The van der Waals surface area contributed by atoms with E-state index in [0.29, 0.717) is 6.10 Å². The fourth-order valence-electron chi connectivity index (χ4n) is 2.85. The molecule has 0 saturated carbocycles. The summed E-state index contributed by atoms with van der Waals surface area (Å²) in [5.74, 6) is 0. The van der Waals surface area contributed by atoms with Crippen LogP contribution in [0.5, 0.6) is 0 Å². The number of rotatable bonds is 6. The first kappa shape index (κ1) is 13.6. The van der Waals surface area contributed by atoms with Crippen molar-refractivity contribution in [1.82, 2.24) is 0 Å². The van der Waals surface area contributed by atoms with Crippen LogP contribution in [0.2, 0.25) is 0 Å². The van der Waals surface area contributed by atoms with Crippen molar-refractivity contribution in [3.8, 4) is 0 Å².